The second kappa shape index (κ2) is 7.91. The van der Waals surface area contributed by atoms with E-state index < -0.39 is 5.60 Å². The molecule has 0 fully saturated rings. The van der Waals surface area contributed by atoms with Crippen LogP contribution in [0.1, 0.15) is 26.7 Å². The molecular weight excluding hydrogens is 336 g/mol. The van der Waals surface area contributed by atoms with Crippen molar-refractivity contribution in [3.05, 3.63) is 21.0 Å². The fourth-order valence-electron chi connectivity index (χ4n) is 1.80. The average molecular weight is 361 g/mol. The summed E-state index contributed by atoms with van der Waals surface area (Å²) in [4.78, 5) is 14.2. The van der Waals surface area contributed by atoms with Crippen LogP contribution in [0.25, 0.3) is 0 Å². The van der Waals surface area contributed by atoms with Crippen LogP contribution in [0.15, 0.2) is 15.5 Å². The van der Waals surface area contributed by atoms with Crippen LogP contribution in [0.3, 0.4) is 0 Å². The number of aliphatic hydroxyl groups is 1. The third-order valence-electron chi connectivity index (χ3n) is 3.67. The third-order valence-corrected chi connectivity index (χ3v) is 4.43. The summed E-state index contributed by atoms with van der Waals surface area (Å²) in [5.74, 6) is 0. The number of likely N-dealkylation sites (N-methyl/N-ethyl adjacent to an activating group) is 1. The lowest BCUT2D eigenvalue weighted by Crippen LogP contribution is -2.36. The van der Waals surface area contributed by atoms with Gasteiger partial charge in [-0.1, -0.05) is 13.8 Å². The molecule has 0 saturated heterocycles. The highest BCUT2D eigenvalue weighted by Crippen LogP contribution is 2.20. The van der Waals surface area contributed by atoms with E-state index in [0.717, 1.165) is 6.54 Å². The first-order valence-electron chi connectivity index (χ1n) is 7.19. The summed E-state index contributed by atoms with van der Waals surface area (Å²) in [5.41, 5.74) is -0.320. The van der Waals surface area contributed by atoms with Crippen molar-refractivity contribution < 1.29 is 5.11 Å². The lowest BCUT2D eigenvalue weighted by atomic mass is 9.97. The molecule has 120 valence electrons. The maximum atomic E-state index is 12.2. The smallest absolute Gasteiger partial charge is 0.283 e. The highest BCUT2D eigenvalue weighted by atomic mass is 79.9. The van der Waals surface area contributed by atoms with Crippen molar-refractivity contribution in [3.8, 4) is 0 Å². The van der Waals surface area contributed by atoms with Gasteiger partial charge in [0, 0.05) is 13.1 Å². The number of nitrogens with zero attached hydrogens (tertiary/aromatic N) is 3. The summed E-state index contributed by atoms with van der Waals surface area (Å²) in [6, 6.07) is 0. The van der Waals surface area contributed by atoms with E-state index in [1.807, 2.05) is 32.8 Å². The number of halogens is 1. The molecule has 7 heteroatoms. The van der Waals surface area contributed by atoms with Gasteiger partial charge in [-0.3, -0.25) is 4.79 Å². The zero-order valence-electron chi connectivity index (χ0n) is 13.2. The van der Waals surface area contributed by atoms with E-state index >= 15 is 0 Å². The first kappa shape index (κ1) is 18.1. The zero-order chi connectivity index (χ0) is 16.0. The Balaban J connectivity index is 2.82. The van der Waals surface area contributed by atoms with E-state index in [9.17, 15) is 9.90 Å². The van der Waals surface area contributed by atoms with Crippen molar-refractivity contribution >= 4 is 21.6 Å². The fourth-order valence-corrected chi connectivity index (χ4v) is 2.25. The van der Waals surface area contributed by atoms with Crippen LogP contribution in [0, 0.1) is 0 Å². The Hall–Kier alpha value is -0.920. The van der Waals surface area contributed by atoms with Crippen molar-refractivity contribution in [1.82, 2.24) is 14.7 Å². The molecule has 0 aromatic carbocycles. The van der Waals surface area contributed by atoms with Gasteiger partial charge in [-0.05, 0) is 42.9 Å². The van der Waals surface area contributed by atoms with E-state index in [0.29, 0.717) is 36.1 Å². The topological polar surface area (TPSA) is 70.4 Å². The first-order chi connectivity index (χ1) is 9.83. The van der Waals surface area contributed by atoms with E-state index in [2.05, 4.69) is 26.3 Å². The molecule has 0 radical (unpaired) electrons. The first-order valence-corrected chi connectivity index (χ1v) is 7.99. The van der Waals surface area contributed by atoms with Gasteiger partial charge in [-0.2, -0.15) is 5.10 Å². The maximum Gasteiger partial charge on any atom is 0.283 e. The second-order valence-corrected chi connectivity index (χ2v) is 6.28. The molecular formula is C14H25BrN4O2. The van der Waals surface area contributed by atoms with Gasteiger partial charge < -0.3 is 15.3 Å². The SMILES string of the molecule is CCC(O)(CC)CNc1cnn(CCN(C)C)c(=O)c1Br. The van der Waals surface area contributed by atoms with Crippen molar-refractivity contribution in [2.45, 2.75) is 38.8 Å². The molecule has 1 heterocycles. The minimum atomic E-state index is -0.765. The Morgan fingerprint density at radius 1 is 1.43 bits per heavy atom. The molecule has 0 spiro atoms. The summed E-state index contributed by atoms with van der Waals surface area (Å²) >= 11 is 3.32. The minimum absolute atomic E-state index is 0.168. The molecule has 0 aliphatic heterocycles. The largest absolute Gasteiger partial charge is 0.388 e. The van der Waals surface area contributed by atoms with Gasteiger partial charge in [0.1, 0.15) is 4.47 Å². The normalized spacial score (nSPS) is 12.0. The molecule has 6 nitrogen and oxygen atoms in total. The minimum Gasteiger partial charge on any atom is -0.388 e. The number of anilines is 1. The lowest BCUT2D eigenvalue weighted by molar-refractivity contribution is 0.0457. The van der Waals surface area contributed by atoms with Gasteiger partial charge >= 0.3 is 0 Å². The van der Waals surface area contributed by atoms with Crippen molar-refractivity contribution in [2.24, 2.45) is 0 Å². The molecule has 2 N–H and O–H groups in total. The van der Waals surface area contributed by atoms with E-state index in [1.165, 1.54) is 4.68 Å². The molecule has 0 amide bonds. The molecule has 0 unspecified atom stereocenters. The Morgan fingerprint density at radius 2 is 2.05 bits per heavy atom. The number of rotatable bonds is 8. The molecule has 0 aliphatic carbocycles. The Bertz CT molecular complexity index is 512. The van der Waals surface area contributed by atoms with Crippen LogP contribution < -0.4 is 10.9 Å². The van der Waals surface area contributed by atoms with Crippen molar-refractivity contribution in [2.75, 3.05) is 32.5 Å². The van der Waals surface area contributed by atoms with Crippen LogP contribution >= 0.6 is 15.9 Å². The average Bonchev–Trinajstić information content (AvgIpc) is 2.47. The highest BCUT2D eigenvalue weighted by molar-refractivity contribution is 9.10. The third kappa shape index (κ3) is 5.09. The van der Waals surface area contributed by atoms with Gasteiger partial charge in [-0.15, -0.1) is 0 Å². The number of hydrogen-bond donors (Lipinski definition) is 2. The molecule has 0 aliphatic rings. The monoisotopic (exact) mass is 360 g/mol. The summed E-state index contributed by atoms with van der Waals surface area (Å²) in [6.45, 7) is 5.56. The van der Waals surface area contributed by atoms with Gasteiger partial charge in [0.2, 0.25) is 0 Å². The summed E-state index contributed by atoms with van der Waals surface area (Å²) < 4.78 is 1.88. The van der Waals surface area contributed by atoms with Crippen LogP contribution in [-0.4, -0.2) is 52.6 Å². The maximum absolute atomic E-state index is 12.2. The highest BCUT2D eigenvalue weighted by Gasteiger charge is 2.22. The van der Waals surface area contributed by atoms with E-state index in [-0.39, 0.29) is 5.56 Å². The molecule has 0 saturated carbocycles. The van der Waals surface area contributed by atoms with Crippen LogP contribution in [-0.2, 0) is 6.54 Å². The Labute approximate surface area is 134 Å². The quantitative estimate of drug-likeness (QED) is 0.735. The molecule has 0 atom stereocenters. The summed E-state index contributed by atoms with van der Waals surface area (Å²) in [5, 5.41) is 17.5. The summed E-state index contributed by atoms with van der Waals surface area (Å²) in [6.07, 6.45) is 2.93. The van der Waals surface area contributed by atoms with Crippen molar-refractivity contribution in [1.29, 1.82) is 0 Å². The Morgan fingerprint density at radius 3 is 2.57 bits per heavy atom. The molecule has 1 aromatic rings. The number of aromatic nitrogens is 2. The summed E-state index contributed by atoms with van der Waals surface area (Å²) in [7, 11) is 3.90. The second-order valence-electron chi connectivity index (χ2n) is 5.49. The fraction of sp³-hybridized carbons (Fsp3) is 0.714. The lowest BCUT2D eigenvalue weighted by Gasteiger charge is -2.26. The van der Waals surface area contributed by atoms with Crippen LogP contribution in [0.5, 0.6) is 0 Å². The number of nitrogens with one attached hydrogen (secondary N) is 1. The predicted molar refractivity (Wildman–Crippen MR) is 88.8 cm³/mol. The van der Waals surface area contributed by atoms with Gasteiger partial charge in [0.15, 0.2) is 0 Å². The van der Waals surface area contributed by atoms with Crippen molar-refractivity contribution in [3.63, 3.8) is 0 Å². The predicted octanol–water partition coefficient (Wildman–Crippen LogP) is 1.53. The molecule has 1 aromatic heterocycles. The van der Waals surface area contributed by atoms with Crippen LogP contribution in [0.2, 0.25) is 0 Å². The van der Waals surface area contributed by atoms with Gasteiger partial charge in [0.25, 0.3) is 5.56 Å². The number of hydrogen-bond acceptors (Lipinski definition) is 5. The zero-order valence-corrected chi connectivity index (χ0v) is 14.8. The molecule has 0 bridgehead atoms. The molecule has 21 heavy (non-hydrogen) atoms. The Kier molecular flexibility index (Phi) is 6.83. The van der Waals surface area contributed by atoms with Crippen LogP contribution in [0.4, 0.5) is 5.69 Å². The van der Waals surface area contributed by atoms with Gasteiger partial charge in [-0.25, -0.2) is 4.68 Å². The standard InChI is InChI=1S/C14H25BrN4O2/c1-5-14(21,6-2)10-16-11-9-17-19(8-7-18(3)4)13(20)12(11)15/h9,16,21H,5-8,10H2,1-4H3. The molecule has 1 rings (SSSR count). The van der Waals surface area contributed by atoms with Gasteiger partial charge in [0.05, 0.1) is 24.0 Å². The van der Waals surface area contributed by atoms with E-state index in [4.69, 9.17) is 0 Å². The van der Waals surface area contributed by atoms with E-state index in [1.54, 1.807) is 6.20 Å².